The maximum Gasteiger partial charge on any atom is 0.376 e. The van der Waals surface area contributed by atoms with Gasteiger partial charge in [-0.2, -0.15) is 0 Å². The van der Waals surface area contributed by atoms with Crippen LogP contribution in [-0.4, -0.2) is 129 Å². The van der Waals surface area contributed by atoms with Gasteiger partial charge < -0.3 is 49.4 Å². The zero-order valence-electron chi connectivity index (χ0n) is 31.1. The fourth-order valence-corrected chi connectivity index (χ4v) is 6.01. The van der Waals surface area contributed by atoms with Crippen LogP contribution in [0, 0.1) is 0 Å². The van der Waals surface area contributed by atoms with Crippen molar-refractivity contribution >= 4 is 37.9 Å². The molecule has 0 bridgehead atoms. The van der Waals surface area contributed by atoms with Crippen LogP contribution in [0.25, 0.3) is 0 Å². The molecule has 5 N–H and O–H groups in total. The molecule has 1 amide bonds. The molecule has 2 aliphatic rings. The van der Waals surface area contributed by atoms with Crippen molar-refractivity contribution in [3.05, 3.63) is 71.8 Å². The third-order valence-corrected chi connectivity index (χ3v) is 8.96. The van der Waals surface area contributed by atoms with Gasteiger partial charge in [0.1, 0.15) is 13.2 Å². The highest BCUT2D eigenvalue weighted by molar-refractivity contribution is 6.45. The Morgan fingerprint density at radius 3 is 1.62 bits per heavy atom. The minimum Gasteiger partial charge on any atom is -0.481 e. The van der Waals surface area contributed by atoms with Gasteiger partial charge >= 0.3 is 32.0 Å². The van der Waals surface area contributed by atoms with Gasteiger partial charge in [-0.3, -0.25) is 19.2 Å². The van der Waals surface area contributed by atoms with E-state index < -0.39 is 20.1 Å². The predicted molar refractivity (Wildman–Crippen MR) is 201 cm³/mol. The molecule has 4 rings (SSSR count). The van der Waals surface area contributed by atoms with Crippen molar-refractivity contribution < 1.29 is 54.0 Å². The molecule has 2 fully saturated rings. The average Bonchev–Trinajstić information content (AvgIpc) is 3.17. The van der Waals surface area contributed by atoms with Crippen LogP contribution in [0.5, 0.6) is 0 Å². The molecule has 0 spiro atoms. The first-order valence-electron chi connectivity index (χ1n) is 18.4. The number of carbonyl (C=O) groups excluding carboxylic acids is 3. The number of hydrogen-bond acceptors (Lipinski definition) is 12. The number of aliphatic hydroxyl groups excluding tert-OH is 2. The normalized spacial score (nSPS) is 17.3. The molecule has 2 atom stereocenters. The lowest BCUT2D eigenvalue weighted by molar-refractivity contribution is -0.146. The maximum atomic E-state index is 12.3. The van der Waals surface area contributed by atoms with E-state index in [2.05, 4.69) is 0 Å². The molecule has 2 unspecified atom stereocenters. The summed E-state index contributed by atoms with van der Waals surface area (Å²) in [6.45, 7) is 6.30. The van der Waals surface area contributed by atoms with Gasteiger partial charge in [-0.15, -0.1) is 0 Å². The fraction of sp³-hybridized carbons (Fsp3) is 0.568. The van der Waals surface area contributed by atoms with Crippen molar-refractivity contribution in [1.29, 1.82) is 0 Å². The summed E-state index contributed by atoms with van der Waals surface area (Å²) in [6.07, 6.45) is 4.72. The fourth-order valence-electron chi connectivity index (χ4n) is 6.01. The number of benzene rings is 2. The van der Waals surface area contributed by atoms with Crippen molar-refractivity contribution in [2.75, 3.05) is 39.4 Å². The highest BCUT2D eigenvalue weighted by Gasteiger charge is 2.32. The number of carboxylic acids is 1. The third-order valence-electron chi connectivity index (χ3n) is 8.96. The topological polar surface area (TPSA) is 198 Å². The van der Waals surface area contributed by atoms with Crippen LogP contribution in [0.1, 0.15) is 68.9 Å². The van der Waals surface area contributed by atoms with Crippen molar-refractivity contribution in [3.8, 4) is 0 Å². The van der Waals surface area contributed by atoms with E-state index in [0.29, 0.717) is 32.5 Å². The molecule has 292 valence electrons. The van der Waals surface area contributed by atoms with Gasteiger partial charge in [-0.25, -0.2) is 0 Å². The van der Waals surface area contributed by atoms with Crippen molar-refractivity contribution in [2.45, 2.75) is 96.7 Å². The van der Waals surface area contributed by atoms with E-state index in [1.807, 2.05) is 65.5 Å². The number of ether oxygens (including phenoxy) is 2. The minimum atomic E-state index is -0.893. The van der Waals surface area contributed by atoms with E-state index in [4.69, 9.17) is 19.7 Å². The molecule has 2 aromatic carbocycles. The maximum absolute atomic E-state index is 12.3. The average molecular weight is 741 g/mol. The van der Waals surface area contributed by atoms with E-state index in [-0.39, 0.29) is 82.0 Å². The Kier molecular flexibility index (Phi) is 22.3. The largest absolute Gasteiger partial charge is 0.481 e. The van der Waals surface area contributed by atoms with Crippen LogP contribution < -0.4 is 0 Å². The van der Waals surface area contributed by atoms with Gasteiger partial charge in [-0.1, -0.05) is 67.1 Å². The molecule has 0 saturated carbocycles. The molecular weight excluding hydrogens is 684 g/mol. The first-order chi connectivity index (χ1) is 25.4. The Morgan fingerprint density at radius 2 is 1.17 bits per heavy atom. The summed E-state index contributed by atoms with van der Waals surface area (Å²) in [5, 5.41) is 45.8. The monoisotopic (exact) mass is 741 g/mol. The van der Waals surface area contributed by atoms with E-state index in [1.165, 1.54) is 6.42 Å². The van der Waals surface area contributed by atoms with Crippen LogP contribution in [0.2, 0.25) is 13.6 Å². The highest BCUT2D eigenvalue weighted by atomic mass is 16.5. The Bertz CT molecular complexity index is 1340. The number of aliphatic carboxylic acids is 1. The number of piperazine rings is 1. The second-order valence-electron chi connectivity index (χ2n) is 13.1. The standard InChI is InChI=1S/C18H27BN2O5.C12H14O4.C7H16BNO2/c1-19(25)21-11-10-20(12-16(21)13-22)17(23)8-5-9-18(24)26-14-15-6-3-2-4-7-15;13-11(14)7-4-8-12(15)16-9-10-5-2-1-3-6-10;1-8(11)9-5-3-2-4-7(9)6-10/h2-4,6-7,16,22,25H,5,8-14H2,1H3;1-3,5-6H,4,7-9H2,(H,13,14);7,10-11H,2-6H2,1H3. The van der Waals surface area contributed by atoms with Gasteiger partial charge in [-0.05, 0) is 57.0 Å². The second-order valence-corrected chi connectivity index (χ2v) is 13.1. The molecule has 2 aromatic rings. The Balaban J connectivity index is 0.000000305. The molecule has 2 heterocycles. The summed E-state index contributed by atoms with van der Waals surface area (Å²) in [5.74, 6) is -1.60. The first-order valence-corrected chi connectivity index (χ1v) is 18.4. The van der Waals surface area contributed by atoms with Crippen molar-refractivity contribution in [2.24, 2.45) is 0 Å². The van der Waals surface area contributed by atoms with Gasteiger partial charge in [0, 0.05) is 57.4 Å². The number of carbonyl (C=O) groups is 4. The van der Waals surface area contributed by atoms with Crippen LogP contribution in [0.15, 0.2) is 60.7 Å². The van der Waals surface area contributed by atoms with Gasteiger partial charge in [0.15, 0.2) is 0 Å². The quantitative estimate of drug-likeness (QED) is 0.124. The molecule has 0 aromatic heterocycles. The van der Waals surface area contributed by atoms with Crippen LogP contribution in [0.3, 0.4) is 0 Å². The Morgan fingerprint density at radius 1 is 0.679 bits per heavy atom. The molecule has 16 heteroatoms. The number of amides is 1. The molecule has 14 nitrogen and oxygen atoms in total. The lowest BCUT2D eigenvalue weighted by Gasteiger charge is -2.41. The van der Waals surface area contributed by atoms with Crippen LogP contribution in [-0.2, 0) is 41.9 Å². The molecule has 53 heavy (non-hydrogen) atoms. The number of hydrogen-bond donors (Lipinski definition) is 5. The third kappa shape index (κ3) is 18.7. The van der Waals surface area contributed by atoms with Gasteiger partial charge in [0.05, 0.1) is 13.2 Å². The molecule has 2 saturated heterocycles. The van der Waals surface area contributed by atoms with E-state index >= 15 is 0 Å². The zero-order chi connectivity index (χ0) is 39.0. The Hall–Kier alpha value is -3.79. The van der Waals surface area contributed by atoms with E-state index in [9.17, 15) is 34.3 Å². The predicted octanol–water partition coefficient (Wildman–Crippen LogP) is 2.44. The molecule has 2 aliphatic heterocycles. The number of carboxylic acid groups (broad SMARTS) is 1. The SMILES string of the molecule is CB(O)N1CCCCC1CO.CB(O)N1CCN(C(=O)CCCC(=O)OCc2ccccc2)CC1CO.O=C(O)CCCC(=O)OCc1ccccc1. The summed E-state index contributed by atoms with van der Waals surface area (Å²) in [6, 6.07) is 18.7. The summed E-state index contributed by atoms with van der Waals surface area (Å²) < 4.78 is 10.2. The Labute approximate surface area is 313 Å². The zero-order valence-corrected chi connectivity index (χ0v) is 31.1. The summed E-state index contributed by atoms with van der Waals surface area (Å²) in [7, 11) is -1.06. The molecule has 0 radical (unpaired) electrons. The number of rotatable bonds is 16. The van der Waals surface area contributed by atoms with Crippen LogP contribution in [0.4, 0.5) is 0 Å². The summed E-state index contributed by atoms with van der Waals surface area (Å²) in [5.41, 5.74) is 1.86. The van der Waals surface area contributed by atoms with Gasteiger partial charge in [0.2, 0.25) is 5.91 Å². The summed E-state index contributed by atoms with van der Waals surface area (Å²) >= 11 is 0. The van der Waals surface area contributed by atoms with Gasteiger partial charge in [0.25, 0.3) is 0 Å². The smallest absolute Gasteiger partial charge is 0.376 e. The molecular formula is C37H57B2N3O11. The number of piperidine rings is 1. The van der Waals surface area contributed by atoms with Crippen molar-refractivity contribution in [3.63, 3.8) is 0 Å². The number of esters is 2. The lowest BCUT2D eigenvalue weighted by atomic mass is 9.80. The van der Waals surface area contributed by atoms with Crippen LogP contribution >= 0.6 is 0 Å². The second kappa shape index (κ2) is 26.1. The minimum absolute atomic E-state index is 0.000434. The number of nitrogens with zero attached hydrogens (tertiary/aromatic N) is 3. The first kappa shape index (κ1) is 45.4. The highest BCUT2D eigenvalue weighted by Crippen LogP contribution is 2.17. The lowest BCUT2D eigenvalue weighted by Crippen LogP contribution is -2.60. The van der Waals surface area contributed by atoms with E-state index in [1.54, 1.807) is 23.4 Å². The number of aliphatic hydroxyl groups is 2. The van der Waals surface area contributed by atoms with Crippen molar-refractivity contribution in [1.82, 2.24) is 14.5 Å². The van der Waals surface area contributed by atoms with E-state index in [0.717, 1.165) is 30.5 Å². The molecule has 0 aliphatic carbocycles. The summed E-state index contributed by atoms with van der Waals surface area (Å²) in [4.78, 5) is 50.9.